The molecule has 1 heterocycles. The second kappa shape index (κ2) is 7.68. The van der Waals surface area contributed by atoms with E-state index in [1.807, 2.05) is 30.3 Å². The van der Waals surface area contributed by atoms with Crippen LogP contribution in [0.25, 0.3) is 17.0 Å². The summed E-state index contributed by atoms with van der Waals surface area (Å²) in [6.07, 6.45) is 11.7. The van der Waals surface area contributed by atoms with Gasteiger partial charge in [0.2, 0.25) is 0 Å². The number of aromatic nitrogens is 1. The van der Waals surface area contributed by atoms with Crippen LogP contribution in [-0.4, -0.2) is 4.98 Å². The highest BCUT2D eigenvalue weighted by molar-refractivity contribution is 5.79. The maximum absolute atomic E-state index is 12.0. The van der Waals surface area contributed by atoms with Crippen LogP contribution in [0, 0.1) is 0 Å². The van der Waals surface area contributed by atoms with Gasteiger partial charge in [-0.1, -0.05) is 50.8 Å². The molecule has 0 aliphatic heterocycles. The second-order valence-corrected chi connectivity index (χ2v) is 5.24. The first-order valence-corrected chi connectivity index (χ1v) is 7.60. The van der Waals surface area contributed by atoms with Crippen molar-refractivity contribution in [3.05, 3.63) is 52.3 Å². The predicted molar refractivity (Wildman–Crippen MR) is 87.0 cm³/mol. The molecule has 0 saturated heterocycles. The van der Waals surface area contributed by atoms with E-state index in [1.54, 1.807) is 6.07 Å². The third-order valence-corrected chi connectivity index (χ3v) is 3.53. The topological polar surface area (TPSA) is 32.9 Å². The largest absolute Gasteiger partial charge is 0.355 e. The Morgan fingerprint density at radius 3 is 2.75 bits per heavy atom. The molecule has 2 aromatic rings. The van der Waals surface area contributed by atoms with E-state index in [2.05, 4.69) is 18.0 Å². The fourth-order valence-electron chi connectivity index (χ4n) is 2.38. The van der Waals surface area contributed by atoms with E-state index in [1.165, 1.54) is 32.1 Å². The first-order valence-electron chi connectivity index (χ1n) is 7.60. The Hall–Kier alpha value is -1.83. The van der Waals surface area contributed by atoms with Crippen LogP contribution in [0.3, 0.4) is 0 Å². The van der Waals surface area contributed by atoms with Gasteiger partial charge in [0.15, 0.2) is 5.43 Å². The molecule has 0 aliphatic rings. The van der Waals surface area contributed by atoms with E-state index < -0.39 is 0 Å². The zero-order valence-corrected chi connectivity index (χ0v) is 12.2. The lowest BCUT2D eigenvalue weighted by Gasteiger charge is -2.00. The predicted octanol–water partition coefficient (Wildman–Crippen LogP) is 4.90. The van der Waals surface area contributed by atoms with E-state index in [4.69, 9.17) is 0 Å². The van der Waals surface area contributed by atoms with Crippen molar-refractivity contribution in [3.63, 3.8) is 0 Å². The van der Waals surface area contributed by atoms with Gasteiger partial charge in [0.25, 0.3) is 0 Å². The number of hydrogen-bond donors (Lipinski definition) is 1. The lowest BCUT2D eigenvalue weighted by Crippen LogP contribution is -2.02. The average Bonchev–Trinajstić information content (AvgIpc) is 2.46. The van der Waals surface area contributed by atoms with Crippen LogP contribution in [0.5, 0.6) is 0 Å². The minimum atomic E-state index is 0.0851. The maximum atomic E-state index is 12.0. The molecular formula is C18H23NO. The molecule has 0 radical (unpaired) electrons. The summed E-state index contributed by atoms with van der Waals surface area (Å²) >= 11 is 0. The van der Waals surface area contributed by atoms with Crippen molar-refractivity contribution in [1.29, 1.82) is 0 Å². The molecule has 20 heavy (non-hydrogen) atoms. The number of unbranched alkanes of at least 4 members (excludes halogenated alkanes) is 5. The quantitative estimate of drug-likeness (QED) is 0.712. The van der Waals surface area contributed by atoms with Crippen molar-refractivity contribution in [3.8, 4) is 0 Å². The highest BCUT2D eigenvalue weighted by Crippen LogP contribution is 2.10. The van der Waals surface area contributed by atoms with Gasteiger partial charge in [-0.25, -0.2) is 0 Å². The van der Waals surface area contributed by atoms with Crippen molar-refractivity contribution in [2.24, 2.45) is 0 Å². The Kier molecular flexibility index (Phi) is 5.60. The molecule has 1 aromatic heterocycles. The summed E-state index contributed by atoms with van der Waals surface area (Å²) in [5.41, 5.74) is 1.88. The van der Waals surface area contributed by atoms with Crippen molar-refractivity contribution in [2.45, 2.75) is 45.4 Å². The van der Waals surface area contributed by atoms with Crippen molar-refractivity contribution in [1.82, 2.24) is 4.98 Å². The van der Waals surface area contributed by atoms with E-state index in [-0.39, 0.29) is 5.43 Å². The molecule has 0 saturated carbocycles. The van der Waals surface area contributed by atoms with Crippen LogP contribution in [-0.2, 0) is 0 Å². The Morgan fingerprint density at radius 1 is 1.10 bits per heavy atom. The summed E-state index contributed by atoms with van der Waals surface area (Å²) in [5, 5.41) is 0.754. The normalized spacial score (nSPS) is 11.4. The molecule has 2 rings (SSSR count). The van der Waals surface area contributed by atoms with Crippen LogP contribution in [0.2, 0.25) is 0 Å². The number of benzene rings is 1. The van der Waals surface area contributed by atoms with Gasteiger partial charge in [-0.2, -0.15) is 0 Å². The van der Waals surface area contributed by atoms with Gasteiger partial charge in [0.05, 0.1) is 0 Å². The molecule has 0 aliphatic carbocycles. The summed E-state index contributed by atoms with van der Waals surface area (Å²) < 4.78 is 0. The maximum Gasteiger partial charge on any atom is 0.189 e. The van der Waals surface area contributed by atoms with Gasteiger partial charge in [-0.05, 0) is 31.1 Å². The zero-order chi connectivity index (χ0) is 14.2. The van der Waals surface area contributed by atoms with Crippen LogP contribution >= 0.6 is 0 Å². The van der Waals surface area contributed by atoms with Crippen molar-refractivity contribution in [2.75, 3.05) is 0 Å². The SMILES string of the molecule is CCCCCCC/C=C/c1cc(=O)c2ccccc2[nH]1. The van der Waals surface area contributed by atoms with Crippen LogP contribution < -0.4 is 5.43 Å². The minimum absolute atomic E-state index is 0.0851. The number of H-pyrrole nitrogens is 1. The fourth-order valence-corrected chi connectivity index (χ4v) is 2.38. The minimum Gasteiger partial charge on any atom is -0.355 e. The molecule has 2 nitrogen and oxygen atoms in total. The number of fused-ring (bicyclic) bond motifs is 1. The van der Waals surface area contributed by atoms with Gasteiger partial charge in [0.1, 0.15) is 0 Å². The lowest BCUT2D eigenvalue weighted by molar-refractivity contribution is 0.638. The average molecular weight is 269 g/mol. The number of aromatic amines is 1. The monoisotopic (exact) mass is 269 g/mol. The summed E-state index contributed by atoms with van der Waals surface area (Å²) in [5.74, 6) is 0. The summed E-state index contributed by atoms with van der Waals surface area (Å²) in [7, 11) is 0. The number of pyridine rings is 1. The van der Waals surface area contributed by atoms with E-state index in [0.29, 0.717) is 0 Å². The standard InChI is InChI=1S/C18H23NO/c1-2-3-4-5-6-7-8-11-15-14-18(20)16-12-9-10-13-17(16)19-15/h8-14H,2-7H2,1H3,(H,19,20)/b11-8+. The highest BCUT2D eigenvalue weighted by atomic mass is 16.1. The first kappa shape index (κ1) is 14.6. The van der Waals surface area contributed by atoms with Gasteiger partial charge in [-0.3, -0.25) is 4.79 Å². The number of para-hydroxylation sites is 1. The van der Waals surface area contributed by atoms with Crippen LogP contribution in [0.15, 0.2) is 41.2 Å². The van der Waals surface area contributed by atoms with Gasteiger partial charge in [-0.15, -0.1) is 0 Å². The Balaban J connectivity index is 1.94. The summed E-state index contributed by atoms with van der Waals surface area (Å²) in [6, 6.07) is 9.31. The summed E-state index contributed by atoms with van der Waals surface area (Å²) in [6.45, 7) is 2.23. The molecule has 0 atom stereocenters. The van der Waals surface area contributed by atoms with Crippen LogP contribution in [0.1, 0.15) is 51.1 Å². The Morgan fingerprint density at radius 2 is 1.90 bits per heavy atom. The molecule has 0 bridgehead atoms. The Bertz CT molecular complexity index is 625. The lowest BCUT2D eigenvalue weighted by atomic mass is 10.1. The number of nitrogens with one attached hydrogen (secondary N) is 1. The summed E-state index contributed by atoms with van der Waals surface area (Å²) in [4.78, 5) is 15.2. The van der Waals surface area contributed by atoms with E-state index >= 15 is 0 Å². The number of hydrogen-bond acceptors (Lipinski definition) is 1. The second-order valence-electron chi connectivity index (χ2n) is 5.24. The first-order chi connectivity index (χ1) is 9.81. The fraction of sp³-hybridized carbons (Fsp3) is 0.389. The third-order valence-electron chi connectivity index (χ3n) is 3.53. The molecular weight excluding hydrogens is 246 g/mol. The number of rotatable bonds is 7. The molecule has 0 amide bonds. The van der Waals surface area contributed by atoms with Gasteiger partial charge < -0.3 is 4.98 Å². The molecule has 1 N–H and O–H groups in total. The van der Waals surface area contributed by atoms with Crippen molar-refractivity contribution >= 4 is 17.0 Å². The molecule has 106 valence electrons. The van der Waals surface area contributed by atoms with E-state index in [9.17, 15) is 4.79 Å². The smallest absolute Gasteiger partial charge is 0.189 e. The van der Waals surface area contributed by atoms with Gasteiger partial charge in [0, 0.05) is 22.7 Å². The Labute approximate surface area is 120 Å². The van der Waals surface area contributed by atoms with Gasteiger partial charge >= 0.3 is 0 Å². The highest BCUT2D eigenvalue weighted by Gasteiger charge is 1.98. The molecule has 1 aromatic carbocycles. The van der Waals surface area contributed by atoms with E-state index in [0.717, 1.165) is 23.0 Å². The van der Waals surface area contributed by atoms with Crippen LogP contribution in [0.4, 0.5) is 0 Å². The van der Waals surface area contributed by atoms with Crippen molar-refractivity contribution < 1.29 is 0 Å². The molecule has 0 fully saturated rings. The molecule has 2 heteroatoms. The molecule has 0 spiro atoms. The third kappa shape index (κ3) is 4.09. The molecule has 0 unspecified atom stereocenters. The number of allylic oxidation sites excluding steroid dienone is 1. The zero-order valence-electron chi connectivity index (χ0n) is 12.2.